The van der Waals surface area contributed by atoms with Crippen molar-refractivity contribution in [3.63, 3.8) is 0 Å². The van der Waals surface area contributed by atoms with E-state index >= 15 is 0 Å². The molecule has 0 radical (unpaired) electrons. The first-order chi connectivity index (χ1) is 11.3. The highest BCUT2D eigenvalue weighted by Gasteiger charge is 2.28. The first-order valence-corrected chi connectivity index (χ1v) is 8.82. The van der Waals surface area contributed by atoms with E-state index in [1.165, 1.54) is 32.1 Å². The molecule has 1 saturated heterocycles. The van der Waals surface area contributed by atoms with Crippen LogP contribution in [0, 0.1) is 0 Å². The summed E-state index contributed by atoms with van der Waals surface area (Å²) in [6.45, 7) is 3.67. The Balaban J connectivity index is 1.42. The van der Waals surface area contributed by atoms with Crippen molar-refractivity contribution in [1.82, 2.24) is 9.80 Å². The number of fused-ring (bicyclic) bond motifs is 1. The highest BCUT2D eigenvalue weighted by Crippen LogP contribution is 2.25. The highest BCUT2D eigenvalue weighted by molar-refractivity contribution is 6.05. The Bertz CT molecular complexity index is 679. The first kappa shape index (κ1) is 14.8. The number of furan rings is 1. The molecular formula is C19H24N2O2. The topological polar surface area (TPSA) is 36.7 Å². The maximum Gasteiger partial charge on any atom is 0.257 e. The summed E-state index contributed by atoms with van der Waals surface area (Å²) < 4.78 is 5.52. The SMILES string of the molecule is O=C(c1coc2ccccc12)N1CCN(C2CCCCC2)CC1. The summed E-state index contributed by atoms with van der Waals surface area (Å²) in [5.74, 6) is 0.109. The summed E-state index contributed by atoms with van der Waals surface area (Å²) >= 11 is 0. The van der Waals surface area contributed by atoms with E-state index in [-0.39, 0.29) is 5.91 Å². The molecule has 2 fully saturated rings. The molecule has 1 aromatic heterocycles. The molecule has 0 unspecified atom stereocenters. The van der Waals surface area contributed by atoms with E-state index in [0.717, 1.165) is 43.2 Å². The fourth-order valence-electron chi connectivity index (χ4n) is 4.05. The van der Waals surface area contributed by atoms with Crippen molar-refractivity contribution < 1.29 is 9.21 Å². The zero-order valence-corrected chi connectivity index (χ0v) is 13.5. The molecule has 2 aliphatic rings. The van der Waals surface area contributed by atoms with Crippen molar-refractivity contribution in [2.75, 3.05) is 26.2 Å². The Morgan fingerprint density at radius 1 is 1.00 bits per heavy atom. The van der Waals surface area contributed by atoms with Gasteiger partial charge in [0.25, 0.3) is 5.91 Å². The molecule has 23 heavy (non-hydrogen) atoms. The van der Waals surface area contributed by atoms with Crippen LogP contribution in [0.2, 0.25) is 0 Å². The van der Waals surface area contributed by atoms with E-state index in [9.17, 15) is 4.79 Å². The normalized spacial score (nSPS) is 21.0. The monoisotopic (exact) mass is 312 g/mol. The average Bonchev–Trinajstić information content (AvgIpc) is 3.06. The van der Waals surface area contributed by atoms with Gasteiger partial charge in [0.15, 0.2) is 0 Å². The number of carbonyl (C=O) groups excluding carboxylic acids is 1. The maximum atomic E-state index is 12.8. The zero-order valence-electron chi connectivity index (χ0n) is 13.5. The third kappa shape index (κ3) is 2.88. The van der Waals surface area contributed by atoms with Crippen LogP contribution in [0.4, 0.5) is 0 Å². The van der Waals surface area contributed by atoms with Crippen LogP contribution in [0.1, 0.15) is 42.5 Å². The number of amides is 1. The van der Waals surface area contributed by atoms with Crippen LogP contribution in [0.3, 0.4) is 0 Å². The fourth-order valence-corrected chi connectivity index (χ4v) is 4.05. The number of rotatable bonds is 2. The van der Waals surface area contributed by atoms with Crippen LogP contribution in [-0.2, 0) is 0 Å². The third-order valence-corrected chi connectivity index (χ3v) is 5.40. The van der Waals surface area contributed by atoms with Crippen molar-refractivity contribution in [3.8, 4) is 0 Å². The largest absolute Gasteiger partial charge is 0.463 e. The summed E-state index contributed by atoms with van der Waals surface area (Å²) in [5, 5.41) is 0.923. The minimum Gasteiger partial charge on any atom is -0.463 e. The minimum atomic E-state index is 0.109. The Hall–Kier alpha value is -1.81. The van der Waals surface area contributed by atoms with Crippen molar-refractivity contribution in [3.05, 3.63) is 36.1 Å². The number of piperazine rings is 1. The number of para-hydroxylation sites is 1. The van der Waals surface area contributed by atoms with Gasteiger partial charge in [0.05, 0.1) is 5.56 Å². The van der Waals surface area contributed by atoms with Crippen molar-refractivity contribution >= 4 is 16.9 Å². The van der Waals surface area contributed by atoms with Gasteiger partial charge in [0.2, 0.25) is 0 Å². The predicted molar refractivity (Wildman–Crippen MR) is 90.6 cm³/mol. The van der Waals surface area contributed by atoms with E-state index in [1.54, 1.807) is 6.26 Å². The van der Waals surface area contributed by atoms with Gasteiger partial charge in [-0.05, 0) is 18.9 Å². The second-order valence-electron chi connectivity index (χ2n) is 6.77. The smallest absolute Gasteiger partial charge is 0.257 e. The molecule has 2 aromatic rings. The van der Waals surface area contributed by atoms with E-state index in [4.69, 9.17) is 4.42 Å². The van der Waals surface area contributed by atoms with Gasteiger partial charge in [0.1, 0.15) is 11.8 Å². The molecule has 1 saturated carbocycles. The zero-order chi connectivity index (χ0) is 15.6. The molecule has 1 aromatic carbocycles. The number of nitrogens with zero attached hydrogens (tertiary/aromatic N) is 2. The van der Waals surface area contributed by atoms with Crippen LogP contribution in [0.25, 0.3) is 11.0 Å². The first-order valence-electron chi connectivity index (χ1n) is 8.82. The third-order valence-electron chi connectivity index (χ3n) is 5.40. The van der Waals surface area contributed by atoms with E-state index < -0.39 is 0 Å². The Kier molecular flexibility index (Phi) is 4.08. The van der Waals surface area contributed by atoms with E-state index in [1.807, 2.05) is 29.2 Å². The highest BCUT2D eigenvalue weighted by atomic mass is 16.3. The number of hydrogen-bond acceptors (Lipinski definition) is 3. The van der Waals surface area contributed by atoms with Crippen molar-refractivity contribution in [2.24, 2.45) is 0 Å². The van der Waals surface area contributed by atoms with E-state index in [0.29, 0.717) is 5.56 Å². The Morgan fingerprint density at radius 2 is 1.74 bits per heavy atom. The molecule has 0 bridgehead atoms. The number of hydrogen-bond donors (Lipinski definition) is 0. The molecule has 0 spiro atoms. The lowest BCUT2D eigenvalue weighted by Gasteiger charge is -2.40. The maximum absolute atomic E-state index is 12.8. The van der Waals surface area contributed by atoms with Gasteiger partial charge >= 0.3 is 0 Å². The molecule has 2 heterocycles. The summed E-state index contributed by atoms with van der Waals surface area (Å²) in [6, 6.07) is 8.51. The molecule has 4 nitrogen and oxygen atoms in total. The Morgan fingerprint density at radius 3 is 2.52 bits per heavy atom. The molecule has 122 valence electrons. The van der Waals surface area contributed by atoms with Gasteiger partial charge in [-0.3, -0.25) is 9.69 Å². The molecular weight excluding hydrogens is 288 g/mol. The molecule has 4 heteroatoms. The molecule has 4 rings (SSSR count). The lowest BCUT2D eigenvalue weighted by atomic mass is 9.94. The molecule has 1 aliphatic carbocycles. The summed E-state index contributed by atoms with van der Waals surface area (Å²) in [5.41, 5.74) is 1.49. The Labute approximate surface area is 137 Å². The molecule has 1 amide bonds. The van der Waals surface area contributed by atoms with Crippen molar-refractivity contribution in [2.45, 2.75) is 38.1 Å². The second kappa shape index (κ2) is 6.36. The molecule has 0 atom stereocenters. The van der Waals surface area contributed by atoms with Gasteiger partial charge < -0.3 is 9.32 Å². The quantitative estimate of drug-likeness (QED) is 0.851. The molecule has 1 aliphatic heterocycles. The van der Waals surface area contributed by atoms with Crippen LogP contribution in [0.5, 0.6) is 0 Å². The lowest BCUT2D eigenvalue weighted by Crippen LogP contribution is -2.52. The van der Waals surface area contributed by atoms with E-state index in [2.05, 4.69) is 4.90 Å². The van der Waals surface area contributed by atoms with Crippen LogP contribution < -0.4 is 0 Å². The lowest BCUT2D eigenvalue weighted by molar-refractivity contribution is 0.0524. The van der Waals surface area contributed by atoms with Gasteiger partial charge in [0, 0.05) is 37.6 Å². The van der Waals surface area contributed by atoms with Gasteiger partial charge in [-0.15, -0.1) is 0 Å². The van der Waals surface area contributed by atoms with Crippen LogP contribution in [-0.4, -0.2) is 47.9 Å². The minimum absolute atomic E-state index is 0.109. The molecule has 0 N–H and O–H groups in total. The standard InChI is InChI=1S/C19H24N2O2/c22-19(17-14-23-18-9-5-4-8-16(17)18)21-12-10-20(11-13-21)15-6-2-1-3-7-15/h4-5,8-9,14-15H,1-3,6-7,10-13H2. The van der Waals surface area contributed by atoms with Gasteiger partial charge in [-0.1, -0.05) is 37.5 Å². The summed E-state index contributed by atoms with van der Waals surface area (Å²) in [6.07, 6.45) is 8.40. The fraction of sp³-hybridized carbons (Fsp3) is 0.526. The van der Waals surface area contributed by atoms with Crippen LogP contribution >= 0.6 is 0 Å². The van der Waals surface area contributed by atoms with Crippen LogP contribution in [0.15, 0.2) is 34.9 Å². The average molecular weight is 312 g/mol. The van der Waals surface area contributed by atoms with Gasteiger partial charge in [-0.2, -0.15) is 0 Å². The summed E-state index contributed by atoms with van der Waals surface area (Å²) in [7, 11) is 0. The number of benzene rings is 1. The predicted octanol–water partition coefficient (Wildman–Crippen LogP) is 3.52. The second-order valence-corrected chi connectivity index (χ2v) is 6.77. The van der Waals surface area contributed by atoms with Gasteiger partial charge in [-0.25, -0.2) is 0 Å². The van der Waals surface area contributed by atoms with Crippen molar-refractivity contribution in [1.29, 1.82) is 0 Å². The number of carbonyl (C=O) groups is 1. The summed E-state index contributed by atoms with van der Waals surface area (Å²) in [4.78, 5) is 17.4.